The number of hydrogen-bond donors (Lipinski definition) is 0. The summed E-state index contributed by atoms with van der Waals surface area (Å²) in [5.74, 6) is 0. The minimum Gasteiger partial charge on any atom is -0.310 e. The fraction of sp³-hybridized carbons (Fsp3) is 0. The molecule has 20 aromatic carbocycles. The van der Waals surface area contributed by atoms with Crippen LogP contribution in [-0.2, 0) is 0 Å². The Hall–Kier alpha value is -13.5. The van der Waals surface area contributed by atoms with Crippen molar-refractivity contribution in [2.24, 2.45) is 0 Å². The topological polar surface area (TPSA) is 19.4 Å². The Labute approximate surface area is 722 Å². The van der Waals surface area contributed by atoms with Gasteiger partial charge in [-0.05, 0) is 260 Å². The van der Waals surface area contributed by atoms with E-state index in [0.717, 1.165) is 102 Å². The van der Waals surface area contributed by atoms with Crippen LogP contribution in [0.4, 0.5) is 102 Å². The van der Waals surface area contributed by atoms with Crippen molar-refractivity contribution in [3.05, 3.63) is 485 Å². The summed E-state index contributed by atoms with van der Waals surface area (Å²) in [6.45, 7) is 2.58. The fourth-order valence-corrected chi connectivity index (χ4v) is 16.1. The van der Waals surface area contributed by atoms with Gasteiger partial charge < -0.3 is 29.4 Å². The molecular formula is C110H82BI2N6P. The fourth-order valence-electron chi connectivity index (χ4n) is 16.1. The third-order valence-electron chi connectivity index (χ3n) is 21.7. The van der Waals surface area contributed by atoms with E-state index in [4.69, 9.17) is 5.70 Å². The average Bonchev–Trinajstić information content (AvgIpc) is 0.781. The van der Waals surface area contributed by atoms with Crippen LogP contribution in [0.2, 0.25) is 0 Å². The van der Waals surface area contributed by atoms with Gasteiger partial charge in [0.25, 0.3) is 0 Å². The number of anilines is 18. The van der Waals surface area contributed by atoms with Crippen molar-refractivity contribution >= 4 is 203 Å². The van der Waals surface area contributed by atoms with Crippen LogP contribution in [0.1, 0.15) is 0 Å². The van der Waals surface area contributed by atoms with Gasteiger partial charge in [-0.1, -0.05) is 279 Å². The molecule has 120 heavy (non-hydrogen) atoms. The molecule has 2 radical (unpaired) electrons. The molecule has 10 heteroatoms. The first-order chi connectivity index (χ1) is 59.3. The minimum absolute atomic E-state index is 0.877. The molecule has 0 heterocycles. The predicted molar refractivity (Wildman–Crippen MR) is 537 cm³/mol. The molecule has 0 fully saturated rings. The third kappa shape index (κ3) is 17.3. The van der Waals surface area contributed by atoms with E-state index in [1.54, 1.807) is 0 Å². The molecule has 0 aromatic heterocycles. The summed E-state index contributed by atoms with van der Waals surface area (Å²) in [5, 5.41) is 12.2. The summed E-state index contributed by atoms with van der Waals surface area (Å²) in [6, 6.07) is 174. The molecule has 0 aliphatic carbocycles. The van der Waals surface area contributed by atoms with Gasteiger partial charge in [0.05, 0.1) is 11.4 Å². The molecule has 0 spiro atoms. The molecule has 1 atom stereocenters. The molecule has 0 aliphatic heterocycles. The van der Waals surface area contributed by atoms with Gasteiger partial charge in [0.15, 0.2) is 0 Å². The minimum atomic E-state index is -0.877. The first kappa shape index (κ1) is 77.7. The predicted octanol–water partition coefficient (Wildman–Crippen LogP) is 33.3. The van der Waals surface area contributed by atoms with Crippen molar-refractivity contribution in [2.45, 2.75) is 0 Å². The van der Waals surface area contributed by atoms with Crippen LogP contribution < -0.4 is 29.4 Å². The van der Waals surface area contributed by atoms with Gasteiger partial charge in [-0.2, -0.15) is 0 Å². The van der Waals surface area contributed by atoms with Gasteiger partial charge >= 0.3 is 46.3 Å². The summed E-state index contributed by atoms with van der Waals surface area (Å²) < 4.78 is 0. The summed E-state index contributed by atoms with van der Waals surface area (Å²) in [6.07, 6.45) is 0. The summed E-state index contributed by atoms with van der Waals surface area (Å²) in [4.78, 5) is 14.0. The second-order valence-electron chi connectivity index (χ2n) is 29.2. The standard InChI is InChI=1S/C66H48N4.C44H32N2.BH2I2P/c1-4-22-55(23-5-1)68(64-31-28-49-16-10-13-19-52(49)46-64)61-40-34-58(35-41-61)67(59-36-42-62(43-37-59)69(56-24-6-2-7-25-56)65-32-29-50-17-11-14-20-53(50)47-65)60-38-44-63(45-39-60)70(57-26-8-3-9-27-57)66-33-30-51-18-12-15-21-54(51)48-66;1-3-17-37(18-4-1)45(43-23-11-15-35-13-7-9-21-41(35)43)39-29-25-33(26-30-39)34-27-31-40(32-28-34)46(38-19-5-2-6-20-38)44-24-12-16-36-14-8-10-22-42(36)44;1-3(2)4/h1-48H;1-32H;4H2. The molecule has 0 saturated carbocycles. The Kier molecular flexibility index (Phi) is 23.7. The van der Waals surface area contributed by atoms with Crippen molar-refractivity contribution in [2.75, 3.05) is 29.4 Å². The summed E-state index contributed by atoms with van der Waals surface area (Å²) in [7, 11) is 0. The van der Waals surface area contributed by atoms with Crippen molar-refractivity contribution in [3.8, 4) is 11.1 Å². The van der Waals surface area contributed by atoms with E-state index in [1.807, 2.05) is 0 Å². The summed E-state index contributed by atoms with van der Waals surface area (Å²) >= 11 is 1.36. The van der Waals surface area contributed by atoms with E-state index in [-0.39, 0.29) is 0 Å². The monoisotopic (exact) mass is 1780 g/mol. The number of nitrogens with zero attached hydrogens (tertiary/aromatic N) is 6. The van der Waals surface area contributed by atoms with Crippen LogP contribution in [-0.4, -0.2) is 5.70 Å². The number of halogens is 2. The van der Waals surface area contributed by atoms with E-state index in [1.165, 1.54) is 65.0 Å². The Bertz CT molecular complexity index is 6270. The zero-order chi connectivity index (χ0) is 80.9. The van der Waals surface area contributed by atoms with Crippen LogP contribution in [0, 0.1) is 0 Å². The van der Waals surface area contributed by atoms with E-state index in [0.29, 0.717) is 0 Å². The number of fused-ring (bicyclic) bond motifs is 5. The number of benzene rings is 20. The van der Waals surface area contributed by atoms with Crippen LogP contribution in [0.15, 0.2) is 485 Å². The van der Waals surface area contributed by atoms with Crippen molar-refractivity contribution in [1.29, 1.82) is 0 Å². The first-order valence-corrected chi connectivity index (χ1v) is 51.8. The zero-order valence-corrected chi connectivity index (χ0v) is 71.3. The molecular weight excluding hydrogens is 1700 g/mol. The number of hydrogen-bond acceptors (Lipinski definition) is 6. The van der Waals surface area contributed by atoms with Crippen LogP contribution in [0.25, 0.3) is 65.0 Å². The zero-order valence-electron chi connectivity index (χ0n) is 65.8. The molecule has 0 amide bonds. The quantitative estimate of drug-likeness (QED) is 0.0453. The van der Waals surface area contributed by atoms with Crippen LogP contribution >= 0.6 is 40.6 Å². The van der Waals surface area contributed by atoms with Gasteiger partial charge in [-0.3, -0.25) is 0 Å². The van der Waals surface area contributed by atoms with Gasteiger partial charge in [-0.15, -0.1) is 0 Å². The second-order valence-corrected chi connectivity index (χ2v) is 46.3. The molecule has 20 rings (SSSR count). The maximum Gasteiger partial charge on any atom is 0.0540 e. The van der Waals surface area contributed by atoms with Crippen molar-refractivity contribution in [1.82, 2.24) is 0 Å². The largest absolute Gasteiger partial charge is 0.310 e. The molecule has 0 saturated heterocycles. The Morgan fingerprint density at radius 3 is 0.608 bits per heavy atom. The Balaban J connectivity index is 0.000000170. The van der Waals surface area contributed by atoms with Crippen molar-refractivity contribution in [3.63, 3.8) is 0 Å². The smallest absolute Gasteiger partial charge is 0.0540 e. The molecule has 0 N–H and O–H groups in total. The van der Waals surface area contributed by atoms with Gasteiger partial charge in [-0.25, -0.2) is 0 Å². The van der Waals surface area contributed by atoms with Gasteiger partial charge in [0.2, 0.25) is 0 Å². The average molecular weight is 1780 g/mol. The van der Waals surface area contributed by atoms with E-state index < -0.39 is 15.1 Å². The van der Waals surface area contributed by atoms with Gasteiger partial charge in [0, 0.05) is 102 Å². The Morgan fingerprint density at radius 1 is 0.167 bits per heavy atom. The molecule has 574 valence electrons. The second kappa shape index (κ2) is 36.5. The normalized spacial score (nSPS) is 11.1. The Morgan fingerprint density at radius 2 is 0.342 bits per heavy atom. The van der Waals surface area contributed by atoms with Gasteiger partial charge in [0.1, 0.15) is 0 Å². The van der Waals surface area contributed by atoms with Crippen LogP contribution in [0.5, 0.6) is 0 Å². The molecule has 1 unspecified atom stereocenters. The molecule has 6 nitrogen and oxygen atoms in total. The molecule has 0 bridgehead atoms. The van der Waals surface area contributed by atoms with E-state index in [9.17, 15) is 0 Å². The molecule has 0 aliphatic rings. The third-order valence-corrected chi connectivity index (χ3v) is 21.7. The number of rotatable bonds is 19. The van der Waals surface area contributed by atoms with E-state index in [2.05, 4.69) is 540 Å². The maximum atomic E-state index is 5.22. The SMILES string of the molecule is [B]I(P)I.c1ccc(N(c2ccc(-c3ccc(N(c4ccccc4)c4cccc5ccccc45)cc3)cc2)c2cccc3ccccc23)cc1.c1ccc(N(c2ccc(N(c3ccc(N(c4ccccc4)c4ccc5ccccc5c4)cc3)c3ccc(N(c4ccccc4)c4ccc5ccccc5c4)cc3)cc2)c2ccc3ccccc3c2)cc1. The maximum absolute atomic E-state index is 5.22. The van der Waals surface area contributed by atoms with Crippen LogP contribution in [0.3, 0.4) is 0 Å². The first-order valence-electron chi connectivity index (χ1n) is 40.1. The van der Waals surface area contributed by atoms with Crippen molar-refractivity contribution < 1.29 is 0 Å². The van der Waals surface area contributed by atoms with E-state index >= 15 is 0 Å². The molecule has 20 aromatic rings. The number of para-hydroxylation sites is 5. The summed E-state index contributed by atoms with van der Waals surface area (Å²) in [5.41, 5.74) is 27.3.